The fraction of sp³-hybridized carbons (Fsp3) is 0.118. The molecule has 116 valence electrons. The first-order valence-corrected chi connectivity index (χ1v) is 7.19. The third-order valence-electron chi connectivity index (χ3n) is 3.45. The molecule has 3 rings (SSSR count). The van der Waals surface area contributed by atoms with E-state index in [4.69, 9.17) is 0 Å². The molecule has 0 saturated carbocycles. The van der Waals surface area contributed by atoms with Crippen molar-refractivity contribution < 1.29 is 9.59 Å². The van der Waals surface area contributed by atoms with Crippen molar-refractivity contribution in [2.75, 3.05) is 5.32 Å². The lowest BCUT2D eigenvalue weighted by molar-refractivity contribution is -0.125. The molecular formula is C17H16N4O2. The molecule has 0 radical (unpaired) electrons. The number of fused-ring (bicyclic) bond motifs is 1. The van der Waals surface area contributed by atoms with Gasteiger partial charge in [0.15, 0.2) is 0 Å². The van der Waals surface area contributed by atoms with E-state index in [1.807, 2.05) is 30.3 Å². The molecule has 2 amide bonds. The van der Waals surface area contributed by atoms with Crippen molar-refractivity contribution in [1.29, 1.82) is 0 Å². The van der Waals surface area contributed by atoms with Crippen LogP contribution in [0.15, 0.2) is 54.7 Å². The zero-order valence-electron chi connectivity index (χ0n) is 12.5. The van der Waals surface area contributed by atoms with E-state index in [-0.39, 0.29) is 11.8 Å². The molecule has 6 nitrogen and oxygen atoms in total. The van der Waals surface area contributed by atoms with Crippen molar-refractivity contribution in [2.24, 2.45) is 0 Å². The third-order valence-corrected chi connectivity index (χ3v) is 3.45. The first kappa shape index (κ1) is 14.8. The summed E-state index contributed by atoms with van der Waals surface area (Å²) < 4.78 is 0. The summed E-state index contributed by atoms with van der Waals surface area (Å²) in [6.45, 7) is 1.39. The van der Waals surface area contributed by atoms with Gasteiger partial charge >= 0.3 is 0 Å². The van der Waals surface area contributed by atoms with E-state index in [2.05, 4.69) is 20.8 Å². The molecule has 1 unspecified atom stereocenters. The Kier molecular flexibility index (Phi) is 4.05. The minimum absolute atomic E-state index is 0.265. The standard InChI is InChI=1S/C17H16N4O2/c1-11(22)19-16(12-5-3-2-4-6-12)17(23)20-14-7-8-15-13(9-14)10-18-21-15/h2-10,16H,1H3,(H,18,21)(H,19,22)(H,20,23). The fourth-order valence-electron chi connectivity index (χ4n) is 2.38. The van der Waals surface area contributed by atoms with Gasteiger partial charge in [0.1, 0.15) is 6.04 Å². The maximum atomic E-state index is 12.6. The number of hydrogen-bond donors (Lipinski definition) is 3. The molecule has 6 heteroatoms. The van der Waals surface area contributed by atoms with Crippen LogP contribution in [0, 0.1) is 0 Å². The van der Waals surface area contributed by atoms with Gasteiger partial charge in [-0.2, -0.15) is 5.10 Å². The maximum Gasteiger partial charge on any atom is 0.251 e. The highest BCUT2D eigenvalue weighted by molar-refractivity contribution is 5.99. The summed E-state index contributed by atoms with van der Waals surface area (Å²) in [7, 11) is 0. The van der Waals surface area contributed by atoms with Crippen molar-refractivity contribution in [3.8, 4) is 0 Å². The minimum atomic E-state index is -0.742. The lowest BCUT2D eigenvalue weighted by Gasteiger charge is -2.18. The average Bonchev–Trinajstić information content (AvgIpc) is 3.01. The number of rotatable bonds is 4. The number of hydrogen-bond acceptors (Lipinski definition) is 3. The van der Waals surface area contributed by atoms with E-state index in [0.717, 1.165) is 16.5 Å². The Morgan fingerprint density at radius 1 is 1.13 bits per heavy atom. The van der Waals surface area contributed by atoms with E-state index < -0.39 is 6.04 Å². The van der Waals surface area contributed by atoms with Crippen LogP contribution in [0.3, 0.4) is 0 Å². The molecule has 0 bridgehead atoms. The van der Waals surface area contributed by atoms with Crippen molar-refractivity contribution in [1.82, 2.24) is 15.5 Å². The molecule has 1 heterocycles. The number of carbonyl (C=O) groups excluding carboxylic acids is 2. The van der Waals surface area contributed by atoms with Gasteiger partial charge in [-0.1, -0.05) is 30.3 Å². The monoisotopic (exact) mass is 308 g/mol. The van der Waals surface area contributed by atoms with Gasteiger partial charge in [-0.05, 0) is 23.8 Å². The number of H-pyrrole nitrogens is 1. The number of anilines is 1. The van der Waals surface area contributed by atoms with Crippen LogP contribution in [0.2, 0.25) is 0 Å². The predicted molar refractivity (Wildman–Crippen MR) is 87.7 cm³/mol. The highest BCUT2D eigenvalue weighted by Gasteiger charge is 2.21. The largest absolute Gasteiger partial charge is 0.341 e. The lowest BCUT2D eigenvalue weighted by atomic mass is 10.1. The highest BCUT2D eigenvalue weighted by Crippen LogP contribution is 2.19. The van der Waals surface area contributed by atoms with E-state index in [0.29, 0.717) is 5.69 Å². The second-order valence-corrected chi connectivity index (χ2v) is 5.21. The van der Waals surface area contributed by atoms with Gasteiger partial charge in [0.25, 0.3) is 5.91 Å². The molecule has 2 aromatic carbocycles. The zero-order chi connectivity index (χ0) is 16.2. The number of nitrogens with zero attached hydrogens (tertiary/aromatic N) is 1. The van der Waals surface area contributed by atoms with E-state index in [1.165, 1.54) is 6.92 Å². The Hall–Kier alpha value is -3.15. The summed E-state index contributed by atoms with van der Waals surface area (Å²) in [6, 6.07) is 13.8. The summed E-state index contributed by atoms with van der Waals surface area (Å²) in [5.41, 5.74) is 2.27. The highest BCUT2D eigenvalue weighted by atomic mass is 16.2. The Labute approximate surface area is 132 Å². The second-order valence-electron chi connectivity index (χ2n) is 5.21. The maximum absolute atomic E-state index is 12.6. The summed E-state index contributed by atoms with van der Waals surface area (Å²) in [6.07, 6.45) is 1.69. The molecule has 23 heavy (non-hydrogen) atoms. The fourth-order valence-corrected chi connectivity index (χ4v) is 2.38. The van der Waals surface area contributed by atoms with Gasteiger partial charge in [-0.3, -0.25) is 14.7 Å². The molecule has 0 fully saturated rings. The molecular weight excluding hydrogens is 292 g/mol. The molecule has 0 saturated heterocycles. The van der Waals surface area contributed by atoms with Gasteiger partial charge in [-0.25, -0.2) is 0 Å². The van der Waals surface area contributed by atoms with E-state index >= 15 is 0 Å². The number of carbonyl (C=O) groups is 2. The number of amides is 2. The normalized spacial score (nSPS) is 11.9. The molecule has 0 aliphatic carbocycles. The van der Waals surface area contributed by atoms with Crippen molar-refractivity contribution in [3.63, 3.8) is 0 Å². The molecule has 1 atom stereocenters. The van der Waals surface area contributed by atoms with Gasteiger partial charge in [0.2, 0.25) is 5.91 Å². The van der Waals surface area contributed by atoms with Crippen LogP contribution in [-0.4, -0.2) is 22.0 Å². The van der Waals surface area contributed by atoms with Crippen LogP contribution in [-0.2, 0) is 9.59 Å². The van der Waals surface area contributed by atoms with Crippen molar-refractivity contribution >= 4 is 28.4 Å². The molecule has 3 aromatic rings. The van der Waals surface area contributed by atoms with Crippen LogP contribution in [0.25, 0.3) is 10.9 Å². The van der Waals surface area contributed by atoms with Crippen LogP contribution in [0.5, 0.6) is 0 Å². The lowest BCUT2D eigenvalue weighted by Crippen LogP contribution is -2.35. The topological polar surface area (TPSA) is 86.9 Å². The zero-order valence-corrected chi connectivity index (χ0v) is 12.5. The molecule has 0 aliphatic rings. The van der Waals surface area contributed by atoms with Gasteiger partial charge in [0.05, 0.1) is 11.7 Å². The van der Waals surface area contributed by atoms with Gasteiger partial charge in [-0.15, -0.1) is 0 Å². The summed E-state index contributed by atoms with van der Waals surface area (Å²) >= 11 is 0. The molecule has 0 aliphatic heterocycles. The van der Waals surface area contributed by atoms with Crippen molar-refractivity contribution in [2.45, 2.75) is 13.0 Å². The van der Waals surface area contributed by atoms with E-state index in [9.17, 15) is 9.59 Å². The van der Waals surface area contributed by atoms with Crippen LogP contribution in [0.4, 0.5) is 5.69 Å². The SMILES string of the molecule is CC(=O)NC(C(=O)Nc1ccc2[nH]ncc2c1)c1ccccc1. The van der Waals surface area contributed by atoms with Gasteiger partial charge < -0.3 is 10.6 Å². The number of nitrogens with one attached hydrogen (secondary N) is 3. The van der Waals surface area contributed by atoms with Crippen LogP contribution >= 0.6 is 0 Å². The van der Waals surface area contributed by atoms with Gasteiger partial charge in [0, 0.05) is 18.0 Å². The smallest absolute Gasteiger partial charge is 0.251 e. The average molecular weight is 308 g/mol. The summed E-state index contributed by atoms with van der Waals surface area (Å²) in [4.78, 5) is 24.0. The molecule has 1 aromatic heterocycles. The number of aromatic nitrogens is 2. The Balaban J connectivity index is 1.84. The quantitative estimate of drug-likeness (QED) is 0.691. The van der Waals surface area contributed by atoms with Crippen LogP contribution in [0.1, 0.15) is 18.5 Å². The van der Waals surface area contributed by atoms with Crippen LogP contribution < -0.4 is 10.6 Å². The summed E-state index contributed by atoms with van der Waals surface area (Å²) in [5.74, 6) is -0.562. The predicted octanol–water partition coefficient (Wildman–Crippen LogP) is 2.38. The Morgan fingerprint density at radius 2 is 1.91 bits per heavy atom. The molecule has 3 N–H and O–H groups in total. The minimum Gasteiger partial charge on any atom is -0.341 e. The summed E-state index contributed by atoms with van der Waals surface area (Å²) in [5, 5.41) is 13.2. The molecule has 0 spiro atoms. The van der Waals surface area contributed by atoms with E-state index in [1.54, 1.807) is 24.4 Å². The van der Waals surface area contributed by atoms with Crippen molar-refractivity contribution in [3.05, 3.63) is 60.3 Å². The first-order chi connectivity index (χ1) is 11.1. The third kappa shape index (κ3) is 3.37. The first-order valence-electron chi connectivity index (χ1n) is 7.19. The Bertz CT molecular complexity index is 842. The second kappa shape index (κ2) is 6.31. The number of benzene rings is 2. The Morgan fingerprint density at radius 3 is 2.65 bits per heavy atom. The number of aromatic amines is 1.